The van der Waals surface area contributed by atoms with Crippen molar-refractivity contribution in [2.45, 2.75) is 19.1 Å². The van der Waals surface area contributed by atoms with Crippen LogP contribution in [0.4, 0.5) is 24.0 Å². The van der Waals surface area contributed by atoms with Crippen LogP contribution in [0, 0.1) is 0 Å². The highest BCUT2D eigenvalue weighted by molar-refractivity contribution is 7.17. The van der Waals surface area contributed by atoms with E-state index in [-0.39, 0.29) is 18.8 Å². The molecule has 0 bridgehead atoms. The molecule has 6 nitrogen and oxygen atoms in total. The van der Waals surface area contributed by atoms with Crippen LogP contribution < -0.4 is 10.6 Å². The maximum absolute atomic E-state index is 13.1. The van der Waals surface area contributed by atoms with Crippen molar-refractivity contribution < 1.29 is 27.5 Å². The van der Waals surface area contributed by atoms with E-state index in [0.717, 1.165) is 17.4 Å². The topological polar surface area (TPSA) is 80.3 Å². The van der Waals surface area contributed by atoms with E-state index in [9.17, 15) is 22.8 Å². The molecule has 0 aliphatic carbocycles. The third kappa shape index (κ3) is 4.69. The van der Waals surface area contributed by atoms with Crippen LogP contribution in [0.15, 0.2) is 48.5 Å². The lowest BCUT2D eigenvalue weighted by Gasteiger charge is -2.14. The number of rotatable bonds is 5. The predicted octanol–water partition coefficient (Wildman–Crippen LogP) is 4.74. The van der Waals surface area contributed by atoms with Gasteiger partial charge in [0.2, 0.25) is 0 Å². The standard InChI is InChI=1S/C21H16F3N3O3S/c22-21(23,24)14-3-1-2-4-15(14)25-11-12-5-7-13(8-6-12)18(28)27-20-26-16-9-10-30-19(29)17(16)31-20/h1-8,25H,9-11H2,(H,26,27,28). The van der Waals surface area contributed by atoms with Gasteiger partial charge in [0.25, 0.3) is 5.91 Å². The molecule has 10 heteroatoms. The molecule has 31 heavy (non-hydrogen) atoms. The fourth-order valence-corrected chi connectivity index (χ4v) is 3.97. The van der Waals surface area contributed by atoms with Crippen LogP contribution in [-0.4, -0.2) is 23.5 Å². The number of amides is 1. The minimum atomic E-state index is -4.45. The Bertz CT molecular complexity index is 1130. The van der Waals surface area contributed by atoms with Crippen molar-refractivity contribution in [3.05, 3.63) is 75.8 Å². The summed E-state index contributed by atoms with van der Waals surface area (Å²) in [4.78, 5) is 28.8. The first-order valence-corrected chi connectivity index (χ1v) is 10.1. The molecule has 0 atom stereocenters. The molecule has 2 heterocycles. The molecule has 2 N–H and O–H groups in total. The van der Waals surface area contributed by atoms with Gasteiger partial charge in [-0.05, 0) is 29.8 Å². The SMILES string of the molecule is O=C(Nc1nc2c(s1)C(=O)OCC2)c1ccc(CNc2ccccc2C(F)(F)F)cc1. The summed E-state index contributed by atoms with van der Waals surface area (Å²) in [5, 5.41) is 5.75. The number of benzene rings is 2. The predicted molar refractivity (Wildman–Crippen MR) is 109 cm³/mol. The Morgan fingerprint density at radius 3 is 2.58 bits per heavy atom. The quantitative estimate of drug-likeness (QED) is 0.553. The molecule has 4 rings (SSSR count). The maximum Gasteiger partial charge on any atom is 0.418 e. The van der Waals surface area contributed by atoms with Gasteiger partial charge in [-0.3, -0.25) is 10.1 Å². The second-order valence-electron chi connectivity index (χ2n) is 6.73. The smallest absolute Gasteiger partial charge is 0.418 e. The second kappa shape index (κ2) is 8.38. The Labute approximate surface area is 179 Å². The summed E-state index contributed by atoms with van der Waals surface area (Å²) in [7, 11) is 0. The van der Waals surface area contributed by atoms with Gasteiger partial charge in [0.1, 0.15) is 4.88 Å². The van der Waals surface area contributed by atoms with Gasteiger partial charge in [-0.25, -0.2) is 9.78 Å². The molecule has 1 aliphatic heterocycles. The molecule has 160 valence electrons. The first-order chi connectivity index (χ1) is 14.8. The highest BCUT2D eigenvalue weighted by Crippen LogP contribution is 2.34. The van der Waals surface area contributed by atoms with Crippen molar-refractivity contribution in [2.24, 2.45) is 0 Å². The number of para-hydroxylation sites is 1. The number of nitrogens with one attached hydrogen (secondary N) is 2. The highest BCUT2D eigenvalue weighted by atomic mass is 32.1. The number of cyclic esters (lactones) is 1. The van der Waals surface area contributed by atoms with E-state index in [1.807, 2.05) is 0 Å². The van der Waals surface area contributed by atoms with Crippen molar-refractivity contribution in [1.29, 1.82) is 0 Å². The van der Waals surface area contributed by atoms with E-state index in [0.29, 0.717) is 33.3 Å². The van der Waals surface area contributed by atoms with Crippen molar-refractivity contribution in [1.82, 2.24) is 4.98 Å². The van der Waals surface area contributed by atoms with Crippen LogP contribution in [0.5, 0.6) is 0 Å². The van der Waals surface area contributed by atoms with Crippen molar-refractivity contribution in [3.8, 4) is 0 Å². The molecule has 3 aromatic rings. The molecular weight excluding hydrogens is 431 g/mol. The number of nitrogens with zero attached hydrogens (tertiary/aromatic N) is 1. The van der Waals surface area contributed by atoms with Gasteiger partial charge >= 0.3 is 12.1 Å². The number of esters is 1. The monoisotopic (exact) mass is 447 g/mol. The van der Waals surface area contributed by atoms with Crippen LogP contribution in [0.3, 0.4) is 0 Å². The van der Waals surface area contributed by atoms with Crippen LogP contribution in [0.1, 0.15) is 36.9 Å². The van der Waals surface area contributed by atoms with Crippen LogP contribution in [-0.2, 0) is 23.9 Å². The summed E-state index contributed by atoms with van der Waals surface area (Å²) in [5.41, 5.74) is 0.928. The molecular formula is C21H16F3N3O3S. The number of carbonyl (C=O) groups is 2. The molecule has 0 spiro atoms. The minimum Gasteiger partial charge on any atom is -0.461 e. The molecule has 0 radical (unpaired) electrons. The zero-order valence-corrected chi connectivity index (χ0v) is 16.8. The summed E-state index contributed by atoms with van der Waals surface area (Å²) < 4.78 is 44.2. The molecule has 0 saturated carbocycles. The Balaban J connectivity index is 1.40. The van der Waals surface area contributed by atoms with Gasteiger partial charge in [-0.15, -0.1) is 0 Å². The van der Waals surface area contributed by atoms with E-state index in [2.05, 4.69) is 15.6 Å². The maximum atomic E-state index is 13.1. The number of anilines is 2. The van der Waals surface area contributed by atoms with Crippen molar-refractivity contribution in [3.63, 3.8) is 0 Å². The van der Waals surface area contributed by atoms with E-state index < -0.39 is 23.6 Å². The number of aromatic nitrogens is 1. The van der Waals surface area contributed by atoms with E-state index in [4.69, 9.17) is 4.74 Å². The minimum absolute atomic E-state index is 0.0110. The van der Waals surface area contributed by atoms with Crippen LogP contribution >= 0.6 is 11.3 Å². The average Bonchev–Trinajstić information content (AvgIpc) is 3.16. The van der Waals surface area contributed by atoms with Crippen molar-refractivity contribution in [2.75, 3.05) is 17.2 Å². The van der Waals surface area contributed by atoms with Crippen molar-refractivity contribution >= 4 is 34.0 Å². The number of halogens is 3. The lowest BCUT2D eigenvalue weighted by atomic mass is 10.1. The number of hydrogen-bond donors (Lipinski definition) is 2. The molecule has 0 fully saturated rings. The van der Waals surface area contributed by atoms with E-state index >= 15 is 0 Å². The summed E-state index contributed by atoms with van der Waals surface area (Å²) in [6.45, 7) is 0.433. The summed E-state index contributed by atoms with van der Waals surface area (Å²) >= 11 is 1.06. The number of ether oxygens (including phenoxy) is 1. The number of alkyl halides is 3. The number of carbonyl (C=O) groups excluding carboxylic acids is 2. The van der Waals surface area contributed by atoms with Gasteiger partial charge in [-0.2, -0.15) is 13.2 Å². The fraction of sp³-hybridized carbons (Fsp3) is 0.190. The zero-order chi connectivity index (χ0) is 22.0. The zero-order valence-electron chi connectivity index (χ0n) is 16.0. The number of hydrogen-bond acceptors (Lipinski definition) is 6. The van der Waals surface area contributed by atoms with E-state index in [1.54, 1.807) is 24.3 Å². The van der Waals surface area contributed by atoms with Gasteiger partial charge in [0.05, 0.1) is 17.9 Å². The number of fused-ring (bicyclic) bond motifs is 1. The summed E-state index contributed by atoms with van der Waals surface area (Å²) in [5.74, 6) is -0.843. The first kappa shape index (κ1) is 20.9. The third-order valence-electron chi connectivity index (χ3n) is 4.61. The largest absolute Gasteiger partial charge is 0.461 e. The van der Waals surface area contributed by atoms with Crippen LogP contribution in [0.2, 0.25) is 0 Å². The van der Waals surface area contributed by atoms with Crippen LogP contribution in [0.25, 0.3) is 0 Å². The normalized spacial score (nSPS) is 13.3. The average molecular weight is 447 g/mol. The first-order valence-electron chi connectivity index (χ1n) is 9.28. The number of thiazole rings is 1. The van der Waals surface area contributed by atoms with Gasteiger partial charge in [0.15, 0.2) is 5.13 Å². The Kier molecular flexibility index (Phi) is 5.64. The lowest BCUT2D eigenvalue weighted by molar-refractivity contribution is -0.137. The summed E-state index contributed by atoms with van der Waals surface area (Å²) in [6.07, 6.45) is -3.94. The summed E-state index contributed by atoms with van der Waals surface area (Å²) in [6, 6.07) is 11.7. The molecule has 1 aliphatic rings. The Hall–Kier alpha value is -3.40. The molecule has 1 aromatic heterocycles. The van der Waals surface area contributed by atoms with Gasteiger partial charge in [-0.1, -0.05) is 35.6 Å². The van der Waals surface area contributed by atoms with E-state index in [1.165, 1.54) is 18.2 Å². The Morgan fingerprint density at radius 2 is 1.87 bits per heavy atom. The lowest BCUT2D eigenvalue weighted by Crippen LogP contribution is -2.15. The molecule has 1 amide bonds. The van der Waals surface area contributed by atoms with Gasteiger partial charge < -0.3 is 10.1 Å². The fourth-order valence-electron chi connectivity index (χ4n) is 3.07. The van der Waals surface area contributed by atoms with Gasteiger partial charge in [0, 0.05) is 24.2 Å². The third-order valence-corrected chi connectivity index (χ3v) is 5.60. The Morgan fingerprint density at radius 1 is 1.13 bits per heavy atom. The molecule has 2 aromatic carbocycles. The highest BCUT2D eigenvalue weighted by Gasteiger charge is 2.33. The second-order valence-corrected chi connectivity index (χ2v) is 7.73. The molecule has 0 unspecified atom stereocenters. The molecule has 0 saturated heterocycles.